The summed E-state index contributed by atoms with van der Waals surface area (Å²) >= 11 is 0.794. The van der Waals surface area contributed by atoms with Crippen molar-refractivity contribution in [1.82, 2.24) is 10.2 Å². The molecule has 1 aliphatic rings. The van der Waals surface area contributed by atoms with Gasteiger partial charge in [-0.05, 0) is 63.1 Å². The zero-order valence-electron chi connectivity index (χ0n) is 22.4. The molecule has 2 aromatic rings. The molecule has 15 heteroatoms. The van der Waals surface area contributed by atoms with E-state index in [4.69, 9.17) is 4.74 Å². The minimum absolute atomic E-state index is 0.0434. The van der Waals surface area contributed by atoms with Crippen molar-refractivity contribution < 1.29 is 31.1 Å². The van der Waals surface area contributed by atoms with E-state index in [9.17, 15) is 26.4 Å². The number of aryl methyl sites for hydroxylation is 1. The van der Waals surface area contributed by atoms with Gasteiger partial charge in [0.2, 0.25) is 5.01 Å². The molecule has 0 saturated carbocycles. The van der Waals surface area contributed by atoms with E-state index < -0.39 is 21.5 Å². The van der Waals surface area contributed by atoms with Crippen LogP contribution < -0.4 is 9.62 Å². The molecule has 1 aromatic carbocycles. The molecule has 0 aliphatic carbocycles. The fourth-order valence-corrected chi connectivity index (χ4v) is 5.53. The summed E-state index contributed by atoms with van der Waals surface area (Å²) in [5, 5.41) is 15.4. The predicted molar refractivity (Wildman–Crippen MR) is 144 cm³/mol. The normalized spacial score (nSPS) is 16.9. The van der Waals surface area contributed by atoms with Gasteiger partial charge >= 0.3 is 21.5 Å². The first-order valence-corrected chi connectivity index (χ1v) is 15.2. The molecule has 39 heavy (non-hydrogen) atoms. The highest BCUT2D eigenvalue weighted by molar-refractivity contribution is 7.93. The predicted octanol–water partition coefficient (Wildman–Crippen LogP) is 6.89. The van der Waals surface area contributed by atoms with Gasteiger partial charge in [-0.1, -0.05) is 39.0 Å². The largest absolute Gasteiger partial charge is 0.516 e. The van der Waals surface area contributed by atoms with E-state index in [1.807, 2.05) is 20.8 Å². The Morgan fingerprint density at radius 1 is 1.18 bits per heavy atom. The van der Waals surface area contributed by atoms with Crippen LogP contribution in [-0.4, -0.2) is 48.3 Å². The van der Waals surface area contributed by atoms with Crippen LogP contribution in [0.25, 0.3) is 0 Å². The van der Waals surface area contributed by atoms with Gasteiger partial charge in [0.1, 0.15) is 5.69 Å². The lowest BCUT2D eigenvalue weighted by molar-refractivity contribution is -0.0429. The molecular formula is C24H33F3N6O4S2. The maximum Gasteiger partial charge on any atom is 0.516 e. The van der Waals surface area contributed by atoms with Crippen LogP contribution in [0.3, 0.4) is 0 Å². The Morgan fingerprint density at radius 3 is 2.46 bits per heavy atom. The standard InChI is InChI=1S/C24H33F3N6O4S2/c1-6-14(5)37-22(34)21-29-31-23(38-21)30-28-18-12-15-10-11-17(9-4)33(16(7-2)8-3)20(15)13-19(18)32-39(35,36)24(25,26)27/h12-14,16-17,32H,6-11H2,1-5H3. The number of fused-ring (bicyclic) bond motifs is 1. The highest BCUT2D eigenvalue weighted by Gasteiger charge is 2.46. The first-order valence-electron chi connectivity index (χ1n) is 12.9. The number of anilines is 2. The van der Waals surface area contributed by atoms with Crippen LogP contribution in [0.15, 0.2) is 22.4 Å². The molecule has 1 aromatic heterocycles. The number of alkyl halides is 3. The summed E-state index contributed by atoms with van der Waals surface area (Å²) in [5.41, 5.74) is -4.50. The molecule has 0 spiro atoms. The quantitative estimate of drug-likeness (QED) is 0.223. The van der Waals surface area contributed by atoms with Crippen molar-refractivity contribution in [2.75, 3.05) is 9.62 Å². The minimum Gasteiger partial charge on any atom is -0.457 e. The number of nitrogens with one attached hydrogen (secondary N) is 1. The second kappa shape index (κ2) is 12.6. The molecule has 2 unspecified atom stereocenters. The highest BCUT2D eigenvalue weighted by Crippen LogP contribution is 2.42. The summed E-state index contributed by atoms with van der Waals surface area (Å²) in [6.07, 6.45) is 4.23. The fraction of sp³-hybridized carbons (Fsp3) is 0.625. The molecule has 0 radical (unpaired) electrons. The van der Waals surface area contributed by atoms with Gasteiger partial charge in [-0.3, -0.25) is 4.72 Å². The van der Waals surface area contributed by atoms with Gasteiger partial charge in [-0.15, -0.1) is 20.4 Å². The van der Waals surface area contributed by atoms with Crippen LogP contribution in [-0.2, 0) is 21.2 Å². The zero-order valence-corrected chi connectivity index (χ0v) is 24.1. The van der Waals surface area contributed by atoms with Crippen molar-refractivity contribution >= 4 is 49.5 Å². The molecule has 0 amide bonds. The number of ether oxygens (including phenoxy) is 1. The average molecular weight is 591 g/mol. The molecular weight excluding hydrogens is 557 g/mol. The van der Waals surface area contributed by atoms with Crippen molar-refractivity contribution in [3.63, 3.8) is 0 Å². The molecule has 216 valence electrons. The fourth-order valence-electron chi connectivity index (χ4n) is 4.41. The molecule has 2 atom stereocenters. The summed E-state index contributed by atoms with van der Waals surface area (Å²) in [5.74, 6) is -0.678. The molecule has 3 rings (SSSR count). The summed E-state index contributed by atoms with van der Waals surface area (Å²) in [4.78, 5) is 14.4. The van der Waals surface area contributed by atoms with Crippen LogP contribution >= 0.6 is 11.3 Å². The topological polar surface area (TPSA) is 126 Å². The van der Waals surface area contributed by atoms with Gasteiger partial charge in [0.15, 0.2) is 0 Å². The van der Waals surface area contributed by atoms with E-state index in [0.29, 0.717) is 18.5 Å². The van der Waals surface area contributed by atoms with Gasteiger partial charge in [-0.2, -0.15) is 21.6 Å². The van der Waals surface area contributed by atoms with E-state index in [1.54, 1.807) is 17.7 Å². The van der Waals surface area contributed by atoms with Crippen molar-refractivity contribution in [3.05, 3.63) is 22.7 Å². The summed E-state index contributed by atoms with van der Waals surface area (Å²) < 4.78 is 70.9. The second-order valence-corrected chi connectivity index (χ2v) is 11.9. The van der Waals surface area contributed by atoms with Gasteiger partial charge in [0.05, 0.1) is 11.8 Å². The number of benzene rings is 1. The Bertz CT molecular complexity index is 1300. The van der Waals surface area contributed by atoms with Gasteiger partial charge in [0.25, 0.3) is 5.13 Å². The van der Waals surface area contributed by atoms with Crippen LogP contribution in [0.5, 0.6) is 0 Å². The first kappa shape index (κ1) is 30.7. The number of carbonyl (C=O) groups excluding carboxylic acids is 1. The molecule has 1 N–H and O–H groups in total. The number of hydrogen-bond acceptors (Lipinski definition) is 10. The Balaban J connectivity index is 2.05. The summed E-state index contributed by atoms with van der Waals surface area (Å²) in [6, 6.07) is 3.25. The van der Waals surface area contributed by atoms with E-state index in [0.717, 1.165) is 42.6 Å². The number of hydrogen-bond donors (Lipinski definition) is 1. The van der Waals surface area contributed by atoms with Crippen LogP contribution in [0, 0.1) is 0 Å². The number of azo groups is 1. The number of rotatable bonds is 11. The summed E-state index contributed by atoms with van der Waals surface area (Å²) in [6.45, 7) is 9.72. The van der Waals surface area contributed by atoms with E-state index in [2.05, 4.69) is 32.2 Å². The molecule has 1 aliphatic heterocycles. The number of sulfonamides is 1. The lowest BCUT2D eigenvalue weighted by Gasteiger charge is -2.44. The lowest BCUT2D eigenvalue weighted by Crippen LogP contribution is -2.45. The summed E-state index contributed by atoms with van der Waals surface area (Å²) in [7, 11) is -5.73. The SMILES string of the molecule is CCC(C)OC(=O)c1nnc(N=Nc2cc3c(cc2NS(=O)(=O)C(F)(F)F)N(C(CC)CC)C(CC)CC3)s1. The first-order chi connectivity index (χ1) is 18.3. The lowest BCUT2D eigenvalue weighted by atomic mass is 9.90. The molecule has 10 nitrogen and oxygen atoms in total. The second-order valence-electron chi connectivity index (χ2n) is 9.24. The number of esters is 1. The minimum atomic E-state index is -5.73. The third kappa shape index (κ3) is 7.04. The van der Waals surface area contributed by atoms with Crippen molar-refractivity contribution in [2.45, 2.75) is 96.8 Å². The zero-order chi connectivity index (χ0) is 29.0. The third-order valence-corrected chi connectivity index (χ3v) is 8.57. The van der Waals surface area contributed by atoms with E-state index in [-0.39, 0.29) is 39.7 Å². The van der Waals surface area contributed by atoms with Crippen LogP contribution in [0.4, 0.5) is 35.4 Å². The number of carbonyl (C=O) groups is 1. The monoisotopic (exact) mass is 590 g/mol. The molecule has 0 saturated heterocycles. The van der Waals surface area contributed by atoms with Crippen molar-refractivity contribution in [3.8, 4) is 0 Å². The Morgan fingerprint density at radius 2 is 1.87 bits per heavy atom. The number of halogens is 3. The smallest absolute Gasteiger partial charge is 0.457 e. The van der Waals surface area contributed by atoms with Crippen LogP contribution in [0.2, 0.25) is 0 Å². The maximum absolute atomic E-state index is 13.3. The van der Waals surface area contributed by atoms with Gasteiger partial charge in [-0.25, -0.2) is 4.79 Å². The number of nitrogens with zero attached hydrogens (tertiary/aromatic N) is 5. The van der Waals surface area contributed by atoms with Crippen molar-refractivity contribution in [2.24, 2.45) is 10.2 Å². The Labute approximate surface area is 230 Å². The van der Waals surface area contributed by atoms with Crippen LogP contribution in [0.1, 0.15) is 82.1 Å². The van der Waals surface area contributed by atoms with Gasteiger partial charge in [0, 0.05) is 17.8 Å². The Hall–Kier alpha value is -2.81. The highest BCUT2D eigenvalue weighted by atomic mass is 32.2. The van der Waals surface area contributed by atoms with Crippen molar-refractivity contribution in [1.29, 1.82) is 0 Å². The van der Waals surface area contributed by atoms with E-state index in [1.165, 1.54) is 6.07 Å². The molecule has 0 fully saturated rings. The third-order valence-electron chi connectivity index (χ3n) is 6.69. The van der Waals surface area contributed by atoms with Gasteiger partial charge < -0.3 is 9.64 Å². The molecule has 2 heterocycles. The average Bonchev–Trinajstić information content (AvgIpc) is 3.36. The number of aromatic nitrogens is 2. The van der Waals surface area contributed by atoms with E-state index >= 15 is 0 Å². The maximum atomic E-state index is 13.3. The Kier molecular flexibility index (Phi) is 9.91. The molecule has 0 bridgehead atoms.